The Balaban J connectivity index is 1.53. The van der Waals surface area contributed by atoms with Gasteiger partial charge in [0.2, 0.25) is 5.95 Å². The number of aromatic nitrogens is 3. The quantitative estimate of drug-likeness (QED) is 0.166. The topological polar surface area (TPSA) is 119 Å². The molecule has 2 aromatic heterocycles. The molecule has 0 unspecified atom stereocenters. The number of nitro groups is 1. The molecule has 0 aliphatic carbocycles. The summed E-state index contributed by atoms with van der Waals surface area (Å²) < 4.78 is 7.26. The molecule has 0 spiro atoms. The van der Waals surface area contributed by atoms with Crippen molar-refractivity contribution in [3.05, 3.63) is 70.0 Å². The molecule has 1 saturated heterocycles. The summed E-state index contributed by atoms with van der Waals surface area (Å²) in [6.45, 7) is 5.60. The molecule has 4 aromatic rings. The van der Waals surface area contributed by atoms with Crippen LogP contribution in [0.2, 0.25) is 0 Å². The van der Waals surface area contributed by atoms with E-state index < -0.39 is 5.97 Å². The van der Waals surface area contributed by atoms with E-state index in [-0.39, 0.29) is 28.7 Å². The predicted octanol–water partition coefficient (Wildman–Crippen LogP) is 5.30. The van der Waals surface area contributed by atoms with Gasteiger partial charge >= 0.3 is 5.97 Å². The second-order valence-electron chi connectivity index (χ2n) is 10.5. The molecule has 1 N–H and O–H groups in total. The van der Waals surface area contributed by atoms with Gasteiger partial charge in [-0.2, -0.15) is 0 Å². The monoisotopic (exact) mass is 557 g/mol. The van der Waals surface area contributed by atoms with E-state index in [1.54, 1.807) is 6.92 Å². The van der Waals surface area contributed by atoms with Gasteiger partial charge < -0.3 is 24.4 Å². The van der Waals surface area contributed by atoms with Crippen LogP contribution in [-0.4, -0.2) is 70.2 Å². The Bertz CT molecular complexity index is 1620. The maximum atomic E-state index is 12.9. The third-order valence-corrected chi connectivity index (χ3v) is 7.77. The van der Waals surface area contributed by atoms with E-state index in [4.69, 9.17) is 9.72 Å². The number of aryl methyl sites for hydroxylation is 2. The van der Waals surface area contributed by atoms with Crippen LogP contribution < -0.4 is 10.2 Å². The normalized spacial score (nSPS) is 15.3. The van der Waals surface area contributed by atoms with Crippen molar-refractivity contribution < 1.29 is 14.5 Å². The van der Waals surface area contributed by atoms with Crippen molar-refractivity contribution >= 4 is 39.9 Å². The average molecular weight is 558 g/mol. The SMILES string of the molecule is CCOC(=O)c1cnc(Nc2cc([N+](=O)[O-])c(N(C)C[C@H]3CCCN3C)cc2C)nc1-c1cn(C)c2ccccc12. The number of nitrogens with one attached hydrogen (secondary N) is 1. The Morgan fingerprint density at radius 2 is 2.05 bits per heavy atom. The Morgan fingerprint density at radius 1 is 1.27 bits per heavy atom. The Kier molecular flexibility index (Phi) is 7.89. The lowest BCUT2D eigenvalue weighted by Gasteiger charge is -2.27. The lowest BCUT2D eigenvalue weighted by Crippen LogP contribution is -2.36. The fourth-order valence-electron chi connectivity index (χ4n) is 5.55. The zero-order valence-corrected chi connectivity index (χ0v) is 24.0. The summed E-state index contributed by atoms with van der Waals surface area (Å²) in [6, 6.07) is 11.6. The van der Waals surface area contributed by atoms with Crippen molar-refractivity contribution in [2.45, 2.75) is 32.7 Å². The van der Waals surface area contributed by atoms with Gasteiger partial charge in [0.15, 0.2) is 0 Å². The van der Waals surface area contributed by atoms with Crippen LogP contribution in [0.4, 0.5) is 23.0 Å². The minimum absolute atomic E-state index is 0.00123. The third-order valence-electron chi connectivity index (χ3n) is 7.77. The summed E-state index contributed by atoms with van der Waals surface area (Å²) in [6.07, 6.45) is 5.57. The van der Waals surface area contributed by atoms with Crippen molar-refractivity contribution in [3.63, 3.8) is 0 Å². The summed E-state index contributed by atoms with van der Waals surface area (Å²) in [5, 5.41) is 16.2. The number of anilines is 3. The largest absolute Gasteiger partial charge is 0.462 e. The van der Waals surface area contributed by atoms with Gasteiger partial charge in [0.25, 0.3) is 5.69 Å². The maximum Gasteiger partial charge on any atom is 0.341 e. The zero-order chi connectivity index (χ0) is 29.3. The number of carbonyl (C=O) groups excluding carboxylic acids is 1. The highest BCUT2D eigenvalue weighted by molar-refractivity contribution is 6.03. The van der Waals surface area contributed by atoms with Crippen LogP contribution in [0.1, 0.15) is 35.7 Å². The van der Waals surface area contributed by atoms with E-state index in [9.17, 15) is 14.9 Å². The van der Waals surface area contributed by atoms with Gasteiger partial charge in [0, 0.05) is 61.6 Å². The second kappa shape index (κ2) is 11.5. The van der Waals surface area contributed by atoms with Crippen LogP contribution in [-0.2, 0) is 11.8 Å². The number of hydrogen-bond acceptors (Lipinski definition) is 9. The standard InChI is InChI=1S/C30H35N7O4/c1-6-41-29(38)22-16-31-30(33-28(22)23-18-36(5)25-12-8-7-11-21(23)25)32-24-15-27(37(39)40)26(14-19(24)2)35(4)17-20-10-9-13-34(20)3/h7-8,11-12,14-16,18,20H,6,9-10,13,17H2,1-5H3,(H,31,32,33)/t20-/m1/s1. The van der Waals surface area contributed by atoms with E-state index in [2.05, 4.69) is 22.2 Å². The average Bonchev–Trinajstić information content (AvgIpc) is 3.51. The number of para-hydroxylation sites is 1. The van der Waals surface area contributed by atoms with E-state index >= 15 is 0 Å². The molecule has 11 heteroatoms. The molecule has 11 nitrogen and oxygen atoms in total. The van der Waals surface area contributed by atoms with Gasteiger partial charge in [-0.15, -0.1) is 0 Å². The first-order chi connectivity index (χ1) is 19.7. The number of fused-ring (bicyclic) bond motifs is 1. The van der Waals surface area contributed by atoms with Crippen LogP contribution in [0.5, 0.6) is 0 Å². The minimum Gasteiger partial charge on any atom is -0.462 e. The van der Waals surface area contributed by atoms with Gasteiger partial charge in [-0.1, -0.05) is 18.2 Å². The summed E-state index contributed by atoms with van der Waals surface area (Å²) in [7, 11) is 5.93. The molecule has 0 saturated carbocycles. The minimum atomic E-state index is -0.519. The summed E-state index contributed by atoms with van der Waals surface area (Å²) in [5.41, 5.74) is 4.29. The van der Waals surface area contributed by atoms with Crippen molar-refractivity contribution in [1.29, 1.82) is 0 Å². The molecule has 1 fully saturated rings. The molecular formula is C30H35N7O4. The smallest absolute Gasteiger partial charge is 0.341 e. The molecule has 0 amide bonds. The first-order valence-electron chi connectivity index (χ1n) is 13.7. The summed E-state index contributed by atoms with van der Waals surface area (Å²) >= 11 is 0. The molecule has 0 radical (unpaired) electrons. The van der Waals surface area contributed by atoms with Crippen LogP contribution in [0, 0.1) is 17.0 Å². The number of ether oxygens (including phenoxy) is 1. The molecular weight excluding hydrogens is 522 g/mol. The molecule has 5 rings (SSSR count). The van der Waals surface area contributed by atoms with Crippen LogP contribution >= 0.6 is 0 Å². The Labute approximate surface area is 238 Å². The Morgan fingerprint density at radius 3 is 2.76 bits per heavy atom. The molecule has 1 aliphatic rings. The highest BCUT2D eigenvalue weighted by Crippen LogP contribution is 2.36. The number of likely N-dealkylation sites (N-methyl/N-ethyl adjacent to an activating group) is 2. The molecule has 1 atom stereocenters. The fourth-order valence-corrected chi connectivity index (χ4v) is 5.55. The number of rotatable bonds is 9. The van der Waals surface area contributed by atoms with Crippen molar-refractivity contribution in [2.24, 2.45) is 7.05 Å². The number of benzene rings is 2. The molecule has 41 heavy (non-hydrogen) atoms. The first-order valence-corrected chi connectivity index (χ1v) is 13.7. The lowest BCUT2D eigenvalue weighted by atomic mass is 10.1. The first kappa shape index (κ1) is 28.0. The molecule has 214 valence electrons. The number of esters is 1. The molecule has 1 aliphatic heterocycles. The Hall–Kier alpha value is -4.51. The summed E-state index contributed by atoms with van der Waals surface area (Å²) in [4.78, 5) is 38.0. The number of likely N-dealkylation sites (tertiary alicyclic amines) is 1. The highest BCUT2D eigenvalue weighted by Gasteiger charge is 2.27. The van der Waals surface area contributed by atoms with Gasteiger partial charge in [0.05, 0.1) is 22.9 Å². The predicted molar refractivity (Wildman–Crippen MR) is 160 cm³/mol. The van der Waals surface area contributed by atoms with Crippen molar-refractivity contribution in [1.82, 2.24) is 19.4 Å². The van der Waals surface area contributed by atoms with E-state index in [0.29, 0.717) is 29.7 Å². The van der Waals surface area contributed by atoms with Gasteiger partial charge in [-0.25, -0.2) is 14.8 Å². The van der Waals surface area contributed by atoms with E-state index in [1.807, 2.05) is 67.0 Å². The van der Waals surface area contributed by atoms with Crippen LogP contribution in [0.15, 0.2) is 48.8 Å². The van der Waals surface area contributed by atoms with Crippen molar-refractivity contribution in [2.75, 3.05) is 44.0 Å². The summed E-state index contributed by atoms with van der Waals surface area (Å²) in [5.74, 6) is -0.304. The number of nitro benzene ring substituents is 1. The second-order valence-corrected chi connectivity index (χ2v) is 10.5. The number of carbonyl (C=O) groups is 1. The highest BCUT2D eigenvalue weighted by atomic mass is 16.6. The van der Waals surface area contributed by atoms with E-state index in [1.165, 1.54) is 12.3 Å². The molecule has 3 heterocycles. The van der Waals surface area contributed by atoms with Crippen molar-refractivity contribution in [3.8, 4) is 11.3 Å². The fraction of sp³-hybridized carbons (Fsp3) is 0.367. The van der Waals surface area contributed by atoms with Gasteiger partial charge in [-0.3, -0.25) is 10.1 Å². The van der Waals surface area contributed by atoms with Gasteiger partial charge in [-0.05, 0) is 58.0 Å². The number of nitrogens with zero attached hydrogens (tertiary/aromatic N) is 6. The van der Waals surface area contributed by atoms with Gasteiger partial charge in [0.1, 0.15) is 11.3 Å². The number of hydrogen-bond donors (Lipinski definition) is 1. The molecule has 2 aromatic carbocycles. The molecule has 0 bridgehead atoms. The van der Waals surface area contributed by atoms with Crippen LogP contribution in [0.25, 0.3) is 22.2 Å². The van der Waals surface area contributed by atoms with Crippen LogP contribution in [0.3, 0.4) is 0 Å². The third kappa shape index (κ3) is 5.58. The maximum absolute atomic E-state index is 12.9. The lowest BCUT2D eigenvalue weighted by molar-refractivity contribution is -0.384. The van der Waals surface area contributed by atoms with E-state index in [0.717, 1.165) is 41.4 Å². The zero-order valence-electron chi connectivity index (χ0n) is 24.0.